The van der Waals surface area contributed by atoms with Gasteiger partial charge >= 0.3 is 11.9 Å². The van der Waals surface area contributed by atoms with E-state index in [-0.39, 0.29) is 45.8 Å². The highest BCUT2D eigenvalue weighted by atomic mass is 16.6. The second kappa shape index (κ2) is 12.3. The Labute approximate surface area is 265 Å². The summed E-state index contributed by atoms with van der Waals surface area (Å²) >= 11 is 0. The Bertz CT molecular complexity index is 983. The first-order chi connectivity index (χ1) is 19.6. The minimum absolute atomic E-state index is 0.00714. The van der Waals surface area contributed by atoms with Crippen LogP contribution >= 0.6 is 0 Å². The molecule has 5 fully saturated rings. The summed E-state index contributed by atoms with van der Waals surface area (Å²) in [6.07, 6.45) is 13.2. The van der Waals surface area contributed by atoms with Crippen molar-refractivity contribution in [2.75, 3.05) is 0 Å². The first kappa shape index (κ1) is 34.8. The molecule has 43 heavy (non-hydrogen) atoms. The number of ether oxygens (including phenoxy) is 2. The zero-order valence-corrected chi connectivity index (χ0v) is 30.2. The van der Waals surface area contributed by atoms with Crippen molar-refractivity contribution in [3.63, 3.8) is 0 Å². The van der Waals surface area contributed by atoms with Crippen molar-refractivity contribution in [1.29, 1.82) is 0 Å². The largest absolute Gasteiger partial charge is 0.462 e. The first-order valence-corrected chi connectivity index (χ1v) is 18.1. The van der Waals surface area contributed by atoms with Crippen LogP contribution in [-0.2, 0) is 19.1 Å². The second-order valence-electron chi connectivity index (χ2n) is 19.7. The molecule has 4 heteroatoms. The van der Waals surface area contributed by atoms with E-state index in [2.05, 4.69) is 83.1 Å². The molecule has 0 spiro atoms. The molecule has 0 radical (unpaired) electrons. The minimum atomic E-state index is -0.453. The molecule has 5 rings (SSSR count). The molecule has 0 aromatic heterocycles. The van der Waals surface area contributed by atoms with Crippen molar-refractivity contribution in [1.82, 2.24) is 0 Å². The van der Waals surface area contributed by atoms with E-state index in [9.17, 15) is 9.59 Å². The molecular formula is C39H68O4. The first-order valence-electron chi connectivity index (χ1n) is 18.1. The van der Waals surface area contributed by atoms with E-state index in [1.165, 1.54) is 32.1 Å². The van der Waals surface area contributed by atoms with Crippen molar-refractivity contribution >= 4 is 11.9 Å². The smallest absolute Gasteiger partial charge is 0.311 e. The fraction of sp³-hybridized carbons (Fsp3) is 0.949. The van der Waals surface area contributed by atoms with Gasteiger partial charge in [0, 0.05) is 0 Å². The van der Waals surface area contributed by atoms with Crippen LogP contribution in [0.3, 0.4) is 0 Å². The van der Waals surface area contributed by atoms with Crippen LogP contribution in [0.25, 0.3) is 0 Å². The molecule has 5 saturated carbocycles. The highest BCUT2D eigenvalue weighted by Crippen LogP contribution is 2.66. The van der Waals surface area contributed by atoms with E-state index in [1.54, 1.807) is 0 Å². The summed E-state index contributed by atoms with van der Waals surface area (Å²) in [4.78, 5) is 26.8. The molecule has 6 atom stereocenters. The highest BCUT2D eigenvalue weighted by molar-refractivity contribution is 5.76. The summed E-state index contributed by atoms with van der Waals surface area (Å²) in [5, 5.41) is 0. The van der Waals surface area contributed by atoms with Crippen LogP contribution in [0.5, 0.6) is 0 Å². The molecule has 0 aromatic rings. The number of hydrogen-bond donors (Lipinski definition) is 0. The van der Waals surface area contributed by atoms with Crippen LogP contribution in [0, 0.1) is 63.1 Å². The topological polar surface area (TPSA) is 52.6 Å². The predicted octanol–water partition coefficient (Wildman–Crippen LogP) is 10.4. The van der Waals surface area contributed by atoms with E-state index in [1.807, 2.05) is 0 Å². The predicted molar refractivity (Wildman–Crippen MR) is 176 cm³/mol. The third kappa shape index (κ3) is 8.21. The van der Waals surface area contributed by atoms with Gasteiger partial charge in [0.2, 0.25) is 0 Å². The molecule has 0 aliphatic heterocycles. The Morgan fingerprint density at radius 1 is 0.767 bits per heavy atom. The number of hydrogen-bond acceptors (Lipinski definition) is 4. The third-order valence-electron chi connectivity index (χ3n) is 12.2. The summed E-state index contributed by atoms with van der Waals surface area (Å²) in [6.45, 7) is 27.0. The van der Waals surface area contributed by atoms with Crippen LogP contribution in [0.1, 0.15) is 160 Å². The van der Waals surface area contributed by atoms with Crippen LogP contribution in [-0.4, -0.2) is 23.6 Å². The van der Waals surface area contributed by atoms with Crippen molar-refractivity contribution in [3.8, 4) is 0 Å². The molecule has 0 N–H and O–H groups in total. The number of esters is 2. The van der Waals surface area contributed by atoms with Crippen molar-refractivity contribution in [2.24, 2.45) is 63.1 Å². The maximum atomic E-state index is 13.4. The molecule has 5 aliphatic carbocycles. The van der Waals surface area contributed by atoms with Crippen LogP contribution in [0.2, 0.25) is 0 Å². The van der Waals surface area contributed by atoms with E-state index in [0.29, 0.717) is 35.5 Å². The van der Waals surface area contributed by atoms with Crippen LogP contribution in [0.4, 0.5) is 0 Å². The summed E-state index contributed by atoms with van der Waals surface area (Å²) in [5.74, 6) is 3.38. The van der Waals surface area contributed by atoms with Gasteiger partial charge in [0.1, 0.15) is 11.7 Å². The molecule has 248 valence electrons. The Morgan fingerprint density at radius 2 is 1.35 bits per heavy atom. The van der Waals surface area contributed by atoms with Gasteiger partial charge in [0.25, 0.3) is 0 Å². The Morgan fingerprint density at radius 3 is 1.88 bits per heavy atom. The summed E-state index contributed by atoms with van der Waals surface area (Å²) in [6, 6.07) is 0. The fourth-order valence-corrected chi connectivity index (χ4v) is 11.0. The Balaban J connectivity index is 1.51. The highest BCUT2D eigenvalue weighted by Gasteiger charge is 2.61. The second-order valence-corrected chi connectivity index (χ2v) is 19.7. The lowest BCUT2D eigenvalue weighted by Crippen LogP contribution is -2.58. The van der Waals surface area contributed by atoms with E-state index in [0.717, 1.165) is 44.9 Å². The summed E-state index contributed by atoms with van der Waals surface area (Å²) in [5.41, 5.74) is -0.133. The van der Waals surface area contributed by atoms with Gasteiger partial charge in [0.05, 0.1) is 11.3 Å². The lowest BCUT2D eigenvalue weighted by atomic mass is 9.44. The zero-order valence-electron chi connectivity index (χ0n) is 30.2. The van der Waals surface area contributed by atoms with Crippen LogP contribution in [0.15, 0.2) is 0 Å². The van der Waals surface area contributed by atoms with Gasteiger partial charge in [-0.25, -0.2) is 0 Å². The summed E-state index contributed by atoms with van der Waals surface area (Å²) in [7, 11) is 0. The van der Waals surface area contributed by atoms with E-state index < -0.39 is 5.41 Å². The van der Waals surface area contributed by atoms with Gasteiger partial charge in [-0.05, 0) is 143 Å². The molecule has 0 amide bonds. The van der Waals surface area contributed by atoms with Gasteiger partial charge in [0.15, 0.2) is 0 Å². The lowest BCUT2D eigenvalue weighted by Gasteiger charge is -2.63. The number of carbonyl (C=O) groups is 2. The molecule has 0 saturated heterocycles. The number of rotatable bonds is 11. The maximum absolute atomic E-state index is 13.4. The molecule has 6 unspecified atom stereocenters. The van der Waals surface area contributed by atoms with Gasteiger partial charge in [-0.3, -0.25) is 9.59 Å². The zero-order chi connectivity index (χ0) is 32.2. The third-order valence-corrected chi connectivity index (χ3v) is 12.2. The van der Waals surface area contributed by atoms with Crippen molar-refractivity contribution in [2.45, 2.75) is 172 Å². The Kier molecular flexibility index (Phi) is 9.94. The van der Waals surface area contributed by atoms with E-state index in [4.69, 9.17) is 9.47 Å². The normalized spacial score (nSPS) is 35.3. The van der Waals surface area contributed by atoms with Gasteiger partial charge in [-0.15, -0.1) is 0 Å². The SMILES string of the molecule is CC(C)CC(C)C(=O)OC12CC3CC(CC(CC(C)(C)C4CC(OC(=O)C(C)(C)CC(C)C)CC(C(C)(C)C)C4)(C3)C1)C2. The average Bonchev–Trinajstić information content (AvgIpc) is 2.80. The van der Waals surface area contributed by atoms with Crippen molar-refractivity contribution < 1.29 is 19.1 Å². The number of carbonyl (C=O) groups excluding carboxylic acids is 2. The standard InChI is InChI=1S/C39H68O4/c1-25(2)13-27(5)33(40)43-39-21-28-14-29(22-39)20-38(19-28,24-39)23-37(11,12)31-15-30(35(6,7)8)16-32(17-31)42-34(41)36(9,10)18-26(3)4/h25-32H,13-24H2,1-12H3. The minimum Gasteiger partial charge on any atom is -0.462 e. The van der Waals surface area contributed by atoms with Crippen molar-refractivity contribution in [3.05, 3.63) is 0 Å². The lowest BCUT2D eigenvalue weighted by molar-refractivity contribution is -0.211. The van der Waals surface area contributed by atoms with Gasteiger partial charge in [-0.1, -0.05) is 69.2 Å². The molecule has 5 aliphatic rings. The summed E-state index contributed by atoms with van der Waals surface area (Å²) < 4.78 is 13.0. The quantitative estimate of drug-likeness (QED) is 0.221. The molecule has 4 bridgehead atoms. The molecule has 0 aromatic carbocycles. The molecule has 4 nitrogen and oxygen atoms in total. The van der Waals surface area contributed by atoms with Gasteiger partial charge < -0.3 is 9.47 Å². The van der Waals surface area contributed by atoms with Crippen LogP contribution < -0.4 is 0 Å². The average molecular weight is 601 g/mol. The van der Waals surface area contributed by atoms with Gasteiger partial charge in [-0.2, -0.15) is 0 Å². The monoisotopic (exact) mass is 601 g/mol. The fourth-order valence-electron chi connectivity index (χ4n) is 11.0. The molecule has 0 heterocycles. The maximum Gasteiger partial charge on any atom is 0.311 e. The molecular weight excluding hydrogens is 532 g/mol. The van der Waals surface area contributed by atoms with E-state index >= 15 is 0 Å². The Hall–Kier alpha value is -1.06.